The number of benzene rings is 2. The third-order valence-electron chi connectivity index (χ3n) is 2.99. The number of nitrogens with one attached hydrogen (secondary N) is 1. The summed E-state index contributed by atoms with van der Waals surface area (Å²) in [6, 6.07) is 11.0. The zero-order valence-corrected chi connectivity index (χ0v) is 9.78. The zero-order valence-electron chi connectivity index (χ0n) is 9.78. The van der Waals surface area contributed by atoms with E-state index in [-0.39, 0.29) is 11.5 Å². The van der Waals surface area contributed by atoms with Crippen LogP contribution in [0.5, 0.6) is 0 Å². The summed E-state index contributed by atoms with van der Waals surface area (Å²) in [4.78, 5) is 11.8. The summed E-state index contributed by atoms with van der Waals surface area (Å²) in [5.41, 5.74) is 1.76. The Morgan fingerprint density at radius 3 is 2.63 bits per heavy atom. The van der Waals surface area contributed by atoms with Crippen molar-refractivity contribution in [3.05, 3.63) is 65.2 Å². The van der Waals surface area contributed by atoms with Gasteiger partial charge in [0.15, 0.2) is 11.6 Å². The Morgan fingerprint density at radius 2 is 1.79 bits per heavy atom. The van der Waals surface area contributed by atoms with Crippen LogP contribution in [0.4, 0.5) is 14.5 Å². The van der Waals surface area contributed by atoms with Gasteiger partial charge in [0.25, 0.3) is 5.91 Å². The van der Waals surface area contributed by atoms with E-state index < -0.39 is 11.6 Å². The molecule has 0 spiro atoms. The van der Waals surface area contributed by atoms with E-state index in [1.807, 2.05) is 0 Å². The molecule has 0 bridgehead atoms. The first-order chi connectivity index (χ1) is 9.16. The summed E-state index contributed by atoms with van der Waals surface area (Å²) < 4.78 is 26.7. The Balaban J connectivity index is 2.14. The van der Waals surface area contributed by atoms with Crippen LogP contribution in [-0.4, -0.2) is 5.91 Å². The van der Waals surface area contributed by atoms with E-state index in [4.69, 9.17) is 0 Å². The second-order valence-corrected chi connectivity index (χ2v) is 4.20. The SMILES string of the molecule is O=C1Nc2ccccc2C1=Cc1cccc(F)c1F. The van der Waals surface area contributed by atoms with Crippen LogP contribution in [0.2, 0.25) is 0 Å². The Morgan fingerprint density at radius 1 is 1.00 bits per heavy atom. The summed E-state index contributed by atoms with van der Waals surface area (Å²) in [5, 5.41) is 2.68. The Kier molecular flexibility index (Phi) is 2.63. The highest BCUT2D eigenvalue weighted by Crippen LogP contribution is 2.33. The molecule has 4 heteroatoms. The number of hydrogen-bond acceptors (Lipinski definition) is 1. The molecule has 0 atom stereocenters. The minimum atomic E-state index is -0.952. The number of para-hydroxylation sites is 1. The molecule has 1 aliphatic heterocycles. The van der Waals surface area contributed by atoms with Gasteiger partial charge in [-0.2, -0.15) is 0 Å². The average molecular weight is 257 g/mol. The molecule has 0 unspecified atom stereocenters. The van der Waals surface area contributed by atoms with Crippen LogP contribution in [-0.2, 0) is 4.79 Å². The first-order valence-corrected chi connectivity index (χ1v) is 5.73. The van der Waals surface area contributed by atoms with E-state index in [1.165, 1.54) is 18.2 Å². The standard InChI is InChI=1S/C15H9F2NO/c16-12-6-3-4-9(14(12)17)8-11-10-5-1-2-7-13(10)18-15(11)19/h1-8H,(H,18,19). The lowest BCUT2D eigenvalue weighted by Crippen LogP contribution is -2.03. The van der Waals surface area contributed by atoms with Crippen molar-refractivity contribution in [2.75, 3.05) is 5.32 Å². The number of halogens is 2. The van der Waals surface area contributed by atoms with Crippen molar-refractivity contribution in [2.45, 2.75) is 0 Å². The molecular weight excluding hydrogens is 248 g/mol. The van der Waals surface area contributed by atoms with Gasteiger partial charge in [0.05, 0.1) is 0 Å². The predicted molar refractivity (Wildman–Crippen MR) is 69.3 cm³/mol. The smallest absolute Gasteiger partial charge is 0.256 e. The quantitative estimate of drug-likeness (QED) is 0.779. The Labute approximate surface area is 108 Å². The third-order valence-corrected chi connectivity index (χ3v) is 2.99. The minimum absolute atomic E-state index is 0.0573. The van der Waals surface area contributed by atoms with Crippen LogP contribution in [0.3, 0.4) is 0 Å². The number of carbonyl (C=O) groups is 1. The fourth-order valence-electron chi connectivity index (χ4n) is 2.07. The maximum absolute atomic E-state index is 13.6. The van der Waals surface area contributed by atoms with Crippen molar-refractivity contribution in [3.63, 3.8) is 0 Å². The second-order valence-electron chi connectivity index (χ2n) is 4.20. The normalized spacial score (nSPS) is 15.5. The lowest BCUT2D eigenvalue weighted by atomic mass is 10.0. The number of carbonyl (C=O) groups excluding carboxylic acids is 1. The van der Waals surface area contributed by atoms with Crippen molar-refractivity contribution >= 4 is 23.2 Å². The molecule has 1 N–H and O–H groups in total. The first-order valence-electron chi connectivity index (χ1n) is 5.73. The summed E-state index contributed by atoms with van der Waals surface area (Å²) in [6.45, 7) is 0. The van der Waals surface area contributed by atoms with Crippen molar-refractivity contribution in [1.82, 2.24) is 0 Å². The van der Waals surface area contributed by atoms with Gasteiger partial charge in [0, 0.05) is 22.4 Å². The van der Waals surface area contributed by atoms with Gasteiger partial charge in [-0.25, -0.2) is 8.78 Å². The van der Waals surface area contributed by atoms with E-state index >= 15 is 0 Å². The highest BCUT2D eigenvalue weighted by atomic mass is 19.2. The van der Waals surface area contributed by atoms with Gasteiger partial charge >= 0.3 is 0 Å². The summed E-state index contributed by atoms with van der Waals surface area (Å²) in [5.74, 6) is -2.20. The van der Waals surface area contributed by atoms with E-state index in [0.29, 0.717) is 16.8 Å². The van der Waals surface area contributed by atoms with Gasteiger partial charge in [-0.1, -0.05) is 30.3 Å². The average Bonchev–Trinajstić information content (AvgIpc) is 2.72. The van der Waals surface area contributed by atoms with Crippen LogP contribution in [0.1, 0.15) is 11.1 Å². The Hall–Kier alpha value is -2.49. The van der Waals surface area contributed by atoms with Crippen molar-refractivity contribution in [3.8, 4) is 0 Å². The third kappa shape index (κ3) is 1.91. The van der Waals surface area contributed by atoms with Crippen LogP contribution in [0, 0.1) is 11.6 Å². The van der Waals surface area contributed by atoms with Gasteiger partial charge in [-0.15, -0.1) is 0 Å². The predicted octanol–water partition coefficient (Wildman–Crippen LogP) is 3.46. The topological polar surface area (TPSA) is 29.1 Å². The summed E-state index contributed by atoms with van der Waals surface area (Å²) in [6.07, 6.45) is 1.36. The van der Waals surface area contributed by atoms with Crippen molar-refractivity contribution in [1.29, 1.82) is 0 Å². The van der Waals surface area contributed by atoms with Crippen LogP contribution < -0.4 is 5.32 Å². The molecule has 1 aliphatic rings. The number of hydrogen-bond donors (Lipinski definition) is 1. The molecule has 0 aromatic heterocycles. The molecule has 94 valence electrons. The van der Waals surface area contributed by atoms with Gasteiger partial charge in [-0.3, -0.25) is 4.79 Å². The summed E-state index contributed by atoms with van der Waals surface area (Å²) in [7, 11) is 0. The van der Waals surface area contributed by atoms with E-state index in [9.17, 15) is 13.6 Å². The fourth-order valence-corrected chi connectivity index (χ4v) is 2.07. The van der Waals surface area contributed by atoms with Gasteiger partial charge in [0.1, 0.15) is 0 Å². The molecular formula is C15H9F2NO. The highest BCUT2D eigenvalue weighted by molar-refractivity contribution is 6.34. The van der Waals surface area contributed by atoms with Crippen LogP contribution >= 0.6 is 0 Å². The number of anilines is 1. The lowest BCUT2D eigenvalue weighted by Gasteiger charge is -2.00. The minimum Gasteiger partial charge on any atom is -0.321 e. The molecule has 2 aromatic carbocycles. The second kappa shape index (κ2) is 4.31. The highest BCUT2D eigenvalue weighted by Gasteiger charge is 2.23. The molecule has 1 amide bonds. The monoisotopic (exact) mass is 257 g/mol. The molecule has 0 fully saturated rings. The molecule has 19 heavy (non-hydrogen) atoms. The number of fused-ring (bicyclic) bond motifs is 1. The molecule has 2 nitrogen and oxygen atoms in total. The molecule has 0 saturated carbocycles. The van der Waals surface area contributed by atoms with E-state index in [2.05, 4.69) is 5.32 Å². The molecule has 0 aliphatic carbocycles. The Bertz CT molecular complexity index is 707. The van der Waals surface area contributed by atoms with Crippen molar-refractivity contribution in [2.24, 2.45) is 0 Å². The first kappa shape index (κ1) is 11.6. The van der Waals surface area contributed by atoms with E-state index in [1.54, 1.807) is 24.3 Å². The molecule has 3 rings (SSSR count). The molecule has 2 aromatic rings. The van der Waals surface area contributed by atoms with Crippen LogP contribution in [0.25, 0.3) is 11.6 Å². The maximum atomic E-state index is 13.6. The molecule has 1 heterocycles. The van der Waals surface area contributed by atoms with E-state index in [0.717, 1.165) is 6.07 Å². The molecule has 0 radical (unpaired) electrons. The summed E-state index contributed by atoms with van der Waals surface area (Å²) >= 11 is 0. The van der Waals surface area contributed by atoms with Gasteiger partial charge < -0.3 is 5.32 Å². The van der Waals surface area contributed by atoms with Crippen molar-refractivity contribution < 1.29 is 13.6 Å². The van der Waals surface area contributed by atoms with Gasteiger partial charge in [0.2, 0.25) is 0 Å². The molecule has 0 saturated heterocycles. The fraction of sp³-hybridized carbons (Fsp3) is 0. The van der Waals surface area contributed by atoms with Gasteiger partial charge in [-0.05, 0) is 18.2 Å². The zero-order chi connectivity index (χ0) is 13.4. The number of rotatable bonds is 1. The van der Waals surface area contributed by atoms with Crippen LogP contribution in [0.15, 0.2) is 42.5 Å². The number of amides is 1. The largest absolute Gasteiger partial charge is 0.321 e. The lowest BCUT2D eigenvalue weighted by molar-refractivity contribution is -0.110. The maximum Gasteiger partial charge on any atom is 0.256 e.